The minimum Gasteiger partial charge on any atom is -0.422 e. The second-order valence-corrected chi connectivity index (χ2v) is 8.12. The van der Waals surface area contributed by atoms with E-state index in [0.717, 1.165) is 22.9 Å². The molecule has 0 fully saturated rings. The quantitative estimate of drug-likeness (QED) is 0.452. The van der Waals surface area contributed by atoms with Crippen molar-refractivity contribution in [1.82, 2.24) is 0 Å². The highest BCUT2D eigenvalue weighted by Crippen LogP contribution is 2.37. The van der Waals surface area contributed by atoms with Crippen LogP contribution in [0.3, 0.4) is 0 Å². The van der Waals surface area contributed by atoms with Crippen molar-refractivity contribution in [2.45, 2.75) is 54.4 Å². The fourth-order valence-corrected chi connectivity index (χ4v) is 3.27. The van der Waals surface area contributed by atoms with E-state index in [0.29, 0.717) is 12.0 Å². The summed E-state index contributed by atoms with van der Waals surface area (Å²) >= 11 is 0. The van der Waals surface area contributed by atoms with Gasteiger partial charge in [0.2, 0.25) is 0 Å². The fourth-order valence-electron chi connectivity index (χ4n) is 3.27. The largest absolute Gasteiger partial charge is 0.422 e. The summed E-state index contributed by atoms with van der Waals surface area (Å²) in [6.45, 7) is 13.1. The fraction of sp³-hybridized carbons (Fsp3) is 0.409. The molecule has 2 aromatic rings. The average molecular weight is 322 g/mol. The van der Waals surface area contributed by atoms with Crippen LogP contribution < -0.4 is 5.63 Å². The van der Waals surface area contributed by atoms with Gasteiger partial charge in [-0.05, 0) is 50.3 Å². The minimum atomic E-state index is -0.208. The lowest BCUT2D eigenvalue weighted by Crippen LogP contribution is -2.16. The lowest BCUT2D eigenvalue weighted by molar-refractivity contribution is 0.493. The van der Waals surface area contributed by atoms with Crippen LogP contribution in [0.25, 0.3) is 17.0 Å². The van der Waals surface area contributed by atoms with Crippen LogP contribution in [-0.4, -0.2) is 0 Å². The number of hydrogen-bond acceptors (Lipinski definition) is 2. The minimum absolute atomic E-state index is 0.0579. The van der Waals surface area contributed by atoms with Gasteiger partial charge in [-0.2, -0.15) is 0 Å². The molecule has 0 atom stereocenters. The van der Waals surface area contributed by atoms with Crippen LogP contribution in [0.1, 0.15) is 57.7 Å². The van der Waals surface area contributed by atoms with Crippen LogP contribution >= 0.6 is 0 Å². The van der Waals surface area contributed by atoms with Gasteiger partial charge in [-0.15, -0.1) is 0 Å². The van der Waals surface area contributed by atoms with E-state index in [9.17, 15) is 4.79 Å². The van der Waals surface area contributed by atoms with Gasteiger partial charge in [0.05, 0.1) is 0 Å². The van der Waals surface area contributed by atoms with Crippen LogP contribution in [0.4, 0.5) is 0 Å². The summed E-state index contributed by atoms with van der Waals surface area (Å²) < 4.78 is 5.61. The number of hydrogen-bond donors (Lipinski definition) is 0. The van der Waals surface area contributed by atoms with E-state index in [-0.39, 0.29) is 11.0 Å². The Labute approximate surface area is 143 Å². The first-order chi connectivity index (χ1) is 11.2. The zero-order valence-electron chi connectivity index (χ0n) is 15.5. The zero-order chi connectivity index (χ0) is 17.6. The molecule has 126 valence electrons. The predicted octanol–water partition coefficient (Wildman–Crippen LogP) is 5.81. The number of fused-ring (bicyclic) bond motifs is 3. The Bertz CT molecular complexity index is 931. The van der Waals surface area contributed by atoms with Crippen LogP contribution in [0.2, 0.25) is 0 Å². The molecule has 0 unspecified atom stereocenters. The first kappa shape index (κ1) is 16.8. The second kappa shape index (κ2) is 5.77. The molecule has 0 saturated heterocycles. The summed E-state index contributed by atoms with van der Waals surface area (Å²) in [5.41, 5.74) is 7.50. The Morgan fingerprint density at radius 2 is 1.67 bits per heavy atom. The maximum absolute atomic E-state index is 12.6. The van der Waals surface area contributed by atoms with Crippen molar-refractivity contribution in [2.24, 2.45) is 5.41 Å². The molecule has 24 heavy (non-hydrogen) atoms. The van der Waals surface area contributed by atoms with Crippen molar-refractivity contribution in [3.8, 4) is 0 Å². The molecule has 3 rings (SSSR count). The van der Waals surface area contributed by atoms with Crippen LogP contribution in [0.15, 0.2) is 44.1 Å². The molecule has 0 radical (unpaired) electrons. The molecule has 1 heterocycles. The Morgan fingerprint density at radius 3 is 2.33 bits per heavy atom. The molecule has 1 aliphatic carbocycles. The smallest absolute Gasteiger partial charge is 0.340 e. The molecular weight excluding hydrogens is 296 g/mol. The predicted molar refractivity (Wildman–Crippen MR) is 101 cm³/mol. The first-order valence-electron chi connectivity index (χ1n) is 8.59. The molecule has 2 nitrogen and oxygen atoms in total. The molecule has 0 spiro atoms. The lowest BCUT2D eigenvalue weighted by Gasteiger charge is -2.27. The van der Waals surface area contributed by atoms with Crippen LogP contribution in [0, 0.1) is 12.3 Å². The Hall–Kier alpha value is -2.09. The van der Waals surface area contributed by atoms with E-state index in [1.54, 1.807) is 0 Å². The van der Waals surface area contributed by atoms with Gasteiger partial charge >= 0.3 is 5.63 Å². The van der Waals surface area contributed by atoms with E-state index < -0.39 is 0 Å². The van der Waals surface area contributed by atoms with Crippen molar-refractivity contribution in [3.63, 3.8) is 0 Å². The van der Waals surface area contributed by atoms with Crippen molar-refractivity contribution in [1.29, 1.82) is 0 Å². The summed E-state index contributed by atoms with van der Waals surface area (Å²) in [7, 11) is 0. The summed E-state index contributed by atoms with van der Waals surface area (Å²) in [6, 6.07) is 6.02. The van der Waals surface area contributed by atoms with E-state index in [1.807, 2.05) is 12.1 Å². The van der Waals surface area contributed by atoms with Crippen molar-refractivity contribution in [3.05, 3.63) is 62.0 Å². The molecule has 0 saturated carbocycles. The van der Waals surface area contributed by atoms with Gasteiger partial charge in [-0.1, -0.05) is 55.2 Å². The van der Waals surface area contributed by atoms with E-state index in [1.165, 1.54) is 22.3 Å². The molecule has 0 N–H and O–H groups in total. The Morgan fingerprint density at radius 1 is 1.00 bits per heavy atom. The normalized spacial score (nSPS) is 21.0. The number of benzene rings is 1. The summed E-state index contributed by atoms with van der Waals surface area (Å²) in [5.74, 6) is 0. The third-order valence-corrected chi connectivity index (χ3v) is 5.11. The monoisotopic (exact) mass is 322 g/mol. The maximum atomic E-state index is 12.6. The molecule has 1 aromatic heterocycles. The van der Waals surface area contributed by atoms with Crippen molar-refractivity contribution in [2.75, 3.05) is 0 Å². The van der Waals surface area contributed by atoms with Gasteiger partial charge in [0.25, 0.3) is 0 Å². The third-order valence-electron chi connectivity index (χ3n) is 5.11. The second-order valence-electron chi connectivity index (χ2n) is 8.12. The Kier molecular flexibility index (Phi) is 4.03. The average Bonchev–Trinajstić information content (AvgIpc) is 2.47. The molecular formula is C22H26O2. The van der Waals surface area contributed by atoms with Crippen LogP contribution in [0.5, 0.6) is 0 Å². The molecule has 1 aromatic carbocycles. The topological polar surface area (TPSA) is 30.2 Å². The van der Waals surface area contributed by atoms with Gasteiger partial charge in [0.15, 0.2) is 0 Å². The highest BCUT2D eigenvalue weighted by molar-refractivity contribution is 5.89. The molecule has 0 bridgehead atoms. The highest BCUT2D eigenvalue weighted by Gasteiger charge is 2.23. The van der Waals surface area contributed by atoms with Gasteiger partial charge in [-0.25, -0.2) is 4.79 Å². The first-order valence-corrected chi connectivity index (χ1v) is 8.59. The van der Waals surface area contributed by atoms with E-state index >= 15 is 0 Å². The van der Waals surface area contributed by atoms with Gasteiger partial charge in [0.1, 0.15) is 5.58 Å². The number of rotatable bonds is 0. The third kappa shape index (κ3) is 2.98. The number of allylic oxidation sites excluding steroid dienone is 3. The standard InChI is InChI=1S/C22H26O2/c1-13-7-8-20-18(9-13)17-12-16(22(4,5)6)10-14(2)15(3)11-19(17)21(23)24-20/h7-9,12H,10-11H2,1-6H3/b15-14-,16-12+. The van der Waals surface area contributed by atoms with Crippen LogP contribution in [-0.2, 0) is 6.42 Å². The molecule has 1 aliphatic rings. The molecule has 2 heteroatoms. The van der Waals surface area contributed by atoms with Gasteiger partial charge in [0, 0.05) is 17.4 Å². The SMILES string of the molecule is C/C1=C(\C)Cc2c(c3cc(C)ccc3oc2=O)/C=C(/C(C)(C)C)C1. The van der Waals surface area contributed by atoms with Gasteiger partial charge in [-0.3, -0.25) is 0 Å². The summed E-state index contributed by atoms with van der Waals surface area (Å²) in [4.78, 5) is 12.6. The van der Waals surface area contributed by atoms with Crippen molar-refractivity contribution >= 4 is 17.0 Å². The maximum Gasteiger partial charge on any atom is 0.340 e. The Balaban J connectivity index is 2.43. The number of aryl methyl sites for hydroxylation is 1. The molecule has 0 amide bonds. The zero-order valence-corrected chi connectivity index (χ0v) is 15.5. The highest BCUT2D eigenvalue weighted by atomic mass is 16.4. The summed E-state index contributed by atoms with van der Waals surface area (Å²) in [5, 5.41) is 1.04. The lowest BCUT2D eigenvalue weighted by atomic mass is 9.78. The molecule has 0 aliphatic heterocycles. The van der Waals surface area contributed by atoms with E-state index in [4.69, 9.17) is 4.42 Å². The van der Waals surface area contributed by atoms with Crippen molar-refractivity contribution < 1.29 is 4.42 Å². The summed E-state index contributed by atoms with van der Waals surface area (Å²) in [6.07, 6.45) is 3.87. The van der Waals surface area contributed by atoms with Gasteiger partial charge < -0.3 is 4.42 Å². The van der Waals surface area contributed by atoms with E-state index in [2.05, 4.69) is 53.7 Å².